The van der Waals surface area contributed by atoms with Gasteiger partial charge in [0.05, 0.1) is 18.9 Å². The van der Waals surface area contributed by atoms with Gasteiger partial charge >= 0.3 is 0 Å². The molecule has 1 amide bonds. The Kier molecular flexibility index (Phi) is 3.58. The maximum Gasteiger partial charge on any atom is 0.249 e. The highest BCUT2D eigenvalue weighted by molar-refractivity contribution is 9.10. The van der Waals surface area contributed by atoms with Gasteiger partial charge in [0, 0.05) is 36.3 Å². The van der Waals surface area contributed by atoms with E-state index in [9.17, 15) is 4.79 Å². The van der Waals surface area contributed by atoms with Crippen LogP contribution in [-0.4, -0.2) is 37.2 Å². The molecule has 6 heteroatoms. The molecule has 0 atom stereocenters. The number of anilines is 1. The fourth-order valence-corrected chi connectivity index (χ4v) is 3.73. The second-order valence-electron chi connectivity index (χ2n) is 5.80. The Morgan fingerprint density at radius 2 is 2.04 bits per heavy atom. The predicted octanol–water partition coefficient (Wildman–Crippen LogP) is 2.35. The van der Waals surface area contributed by atoms with Gasteiger partial charge in [0.1, 0.15) is 4.60 Å². The van der Waals surface area contributed by atoms with E-state index in [1.165, 1.54) is 11.3 Å². The van der Waals surface area contributed by atoms with E-state index in [1.54, 1.807) is 6.07 Å². The SMILES string of the molecule is NC(=O)c1cc(Br)nc2c1Cc1cc(N3CCOCC3)ccc1-2. The Morgan fingerprint density at radius 3 is 2.78 bits per heavy atom. The first-order valence-electron chi connectivity index (χ1n) is 7.58. The first-order chi connectivity index (χ1) is 11.1. The van der Waals surface area contributed by atoms with Gasteiger partial charge in [0.15, 0.2) is 0 Å². The van der Waals surface area contributed by atoms with Crippen LogP contribution in [0.4, 0.5) is 5.69 Å². The minimum absolute atomic E-state index is 0.412. The van der Waals surface area contributed by atoms with E-state index in [4.69, 9.17) is 10.5 Å². The third-order valence-corrected chi connectivity index (χ3v) is 4.85. The second-order valence-corrected chi connectivity index (χ2v) is 6.61. The average Bonchev–Trinajstić information content (AvgIpc) is 2.92. The highest BCUT2D eigenvalue weighted by Crippen LogP contribution is 2.39. The number of ether oxygens (including phenoxy) is 1. The lowest BCUT2D eigenvalue weighted by Gasteiger charge is -2.29. The monoisotopic (exact) mass is 373 g/mol. The Bertz CT molecular complexity index is 801. The van der Waals surface area contributed by atoms with Crippen molar-refractivity contribution in [3.63, 3.8) is 0 Å². The van der Waals surface area contributed by atoms with Gasteiger partial charge in [-0.15, -0.1) is 0 Å². The number of nitrogens with zero attached hydrogens (tertiary/aromatic N) is 2. The van der Waals surface area contributed by atoms with Gasteiger partial charge in [0.2, 0.25) is 5.91 Å². The molecule has 0 spiro atoms. The topological polar surface area (TPSA) is 68.5 Å². The minimum Gasteiger partial charge on any atom is -0.378 e. The van der Waals surface area contributed by atoms with Crippen LogP contribution in [0, 0.1) is 0 Å². The van der Waals surface area contributed by atoms with Gasteiger partial charge in [-0.05, 0) is 45.3 Å². The number of halogens is 1. The molecule has 0 saturated carbocycles. The molecule has 2 aromatic rings. The number of morpholine rings is 1. The molecule has 1 aromatic carbocycles. The zero-order valence-corrected chi connectivity index (χ0v) is 14.1. The molecule has 1 aliphatic heterocycles. The highest BCUT2D eigenvalue weighted by Gasteiger charge is 2.26. The van der Waals surface area contributed by atoms with Crippen molar-refractivity contribution >= 4 is 27.5 Å². The number of benzene rings is 1. The average molecular weight is 374 g/mol. The van der Waals surface area contributed by atoms with Gasteiger partial charge in [-0.3, -0.25) is 4.79 Å². The lowest BCUT2D eigenvalue weighted by atomic mass is 10.1. The fourth-order valence-electron chi connectivity index (χ4n) is 3.33. The number of hydrogen-bond donors (Lipinski definition) is 1. The number of carbonyl (C=O) groups is 1. The van der Waals surface area contributed by atoms with Gasteiger partial charge in [-0.2, -0.15) is 0 Å². The van der Waals surface area contributed by atoms with Gasteiger partial charge < -0.3 is 15.4 Å². The predicted molar refractivity (Wildman–Crippen MR) is 91.7 cm³/mol. The molecule has 1 aromatic heterocycles. The number of aromatic nitrogens is 1. The van der Waals surface area contributed by atoms with Crippen LogP contribution in [0.25, 0.3) is 11.3 Å². The summed E-state index contributed by atoms with van der Waals surface area (Å²) < 4.78 is 6.05. The van der Waals surface area contributed by atoms with Crippen molar-refractivity contribution in [3.8, 4) is 11.3 Å². The maximum atomic E-state index is 11.7. The normalized spacial score (nSPS) is 16.1. The summed E-state index contributed by atoms with van der Waals surface area (Å²) >= 11 is 3.37. The Labute approximate surface area is 142 Å². The summed E-state index contributed by atoms with van der Waals surface area (Å²) in [7, 11) is 0. The number of amides is 1. The molecule has 0 bridgehead atoms. The van der Waals surface area contributed by atoms with Crippen LogP contribution in [0.5, 0.6) is 0 Å². The van der Waals surface area contributed by atoms with Crippen molar-refractivity contribution < 1.29 is 9.53 Å². The zero-order valence-electron chi connectivity index (χ0n) is 12.5. The van der Waals surface area contributed by atoms with Crippen LogP contribution in [-0.2, 0) is 11.2 Å². The molecule has 2 aliphatic rings. The van der Waals surface area contributed by atoms with Crippen molar-refractivity contribution in [1.29, 1.82) is 0 Å². The molecule has 2 N–H and O–H groups in total. The third-order valence-electron chi connectivity index (χ3n) is 4.45. The van der Waals surface area contributed by atoms with Crippen LogP contribution in [0.3, 0.4) is 0 Å². The summed E-state index contributed by atoms with van der Waals surface area (Å²) in [6, 6.07) is 8.11. The molecule has 1 saturated heterocycles. The standard InChI is InChI=1S/C17H16BrN3O2/c18-15-9-14(17(19)22)13-8-10-7-11(21-3-5-23-6-4-21)1-2-12(10)16(13)20-15/h1-2,7,9H,3-6,8H2,(H2,19,22). The first-order valence-corrected chi connectivity index (χ1v) is 8.38. The smallest absolute Gasteiger partial charge is 0.249 e. The second kappa shape index (κ2) is 5.62. The van der Waals surface area contributed by atoms with E-state index in [0.29, 0.717) is 16.6 Å². The number of carbonyl (C=O) groups excluding carboxylic acids is 1. The molecular weight excluding hydrogens is 358 g/mol. The summed E-state index contributed by atoms with van der Waals surface area (Å²) in [6.07, 6.45) is 0.696. The van der Waals surface area contributed by atoms with Crippen molar-refractivity contribution in [2.45, 2.75) is 6.42 Å². The number of fused-ring (bicyclic) bond motifs is 3. The summed E-state index contributed by atoms with van der Waals surface area (Å²) in [5.74, 6) is -0.412. The molecule has 118 valence electrons. The molecule has 0 radical (unpaired) electrons. The van der Waals surface area contributed by atoms with E-state index in [0.717, 1.165) is 43.1 Å². The van der Waals surface area contributed by atoms with Gasteiger partial charge in [0.25, 0.3) is 0 Å². The quantitative estimate of drug-likeness (QED) is 0.700. The van der Waals surface area contributed by atoms with Crippen LogP contribution in [0.15, 0.2) is 28.9 Å². The Balaban J connectivity index is 1.76. The highest BCUT2D eigenvalue weighted by atomic mass is 79.9. The minimum atomic E-state index is -0.412. The Morgan fingerprint density at radius 1 is 1.26 bits per heavy atom. The third kappa shape index (κ3) is 2.52. The molecule has 1 fully saturated rings. The summed E-state index contributed by atoms with van der Waals surface area (Å²) in [4.78, 5) is 18.6. The van der Waals surface area contributed by atoms with Crippen molar-refractivity contribution in [1.82, 2.24) is 4.98 Å². The van der Waals surface area contributed by atoms with E-state index >= 15 is 0 Å². The van der Waals surface area contributed by atoms with E-state index in [2.05, 4.69) is 44.0 Å². The van der Waals surface area contributed by atoms with E-state index in [1.807, 2.05) is 0 Å². The number of pyridine rings is 1. The zero-order chi connectivity index (χ0) is 16.0. The molecule has 0 unspecified atom stereocenters. The number of rotatable bonds is 2. The van der Waals surface area contributed by atoms with Crippen molar-refractivity contribution in [2.24, 2.45) is 5.73 Å². The molecular formula is C17H16BrN3O2. The van der Waals surface area contributed by atoms with E-state index in [-0.39, 0.29) is 0 Å². The van der Waals surface area contributed by atoms with Crippen LogP contribution < -0.4 is 10.6 Å². The number of hydrogen-bond acceptors (Lipinski definition) is 4. The molecule has 23 heavy (non-hydrogen) atoms. The fraction of sp³-hybridized carbons (Fsp3) is 0.294. The Hall–Kier alpha value is -1.92. The molecule has 4 rings (SSSR count). The first kappa shape index (κ1) is 14.7. The maximum absolute atomic E-state index is 11.7. The van der Waals surface area contributed by atoms with Gasteiger partial charge in [-0.25, -0.2) is 4.98 Å². The molecule has 5 nitrogen and oxygen atoms in total. The van der Waals surface area contributed by atoms with E-state index < -0.39 is 5.91 Å². The van der Waals surface area contributed by atoms with Crippen LogP contribution >= 0.6 is 15.9 Å². The molecule has 1 aliphatic carbocycles. The lowest BCUT2D eigenvalue weighted by molar-refractivity contribution is 0.0999. The molecule has 2 heterocycles. The number of primary amides is 1. The summed E-state index contributed by atoms with van der Waals surface area (Å²) in [5, 5.41) is 0. The van der Waals surface area contributed by atoms with Crippen molar-refractivity contribution in [2.75, 3.05) is 31.2 Å². The summed E-state index contributed by atoms with van der Waals surface area (Å²) in [6.45, 7) is 3.33. The van der Waals surface area contributed by atoms with Crippen LogP contribution in [0.1, 0.15) is 21.5 Å². The van der Waals surface area contributed by atoms with Gasteiger partial charge in [-0.1, -0.05) is 6.07 Å². The number of nitrogens with two attached hydrogens (primary N) is 1. The summed E-state index contributed by atoms with van der Waals surface area (Å²) in [5.41, 5.74) is 11.3. The van der Waals surface area contributed by atoms with Crippen molar-refractivity contribution in [3.05, 3.63) is 45.6 Å². The van der Waals surface area contributed by atoms with Crippen LogP contribution in [0.2, 0.25) is 0 Å². The largest absolute Gasteiger partial charge is 0.378 e. The lowest BCUT2D eigenvalue weighted by Crippen LogP contribution is -2.36.